The Morgan fingerprint density at radius 3 is 2.65 bits per heavy atom. The number of β-amino-alcohol motifs (C(OH)–C–C–N with tert-alkyl or cyclic N) is 1. The van der Waals surface area contributed by atoms with Gasteiger partial charge in [-0.25, -0.2) is 0 Å². The van der Waals surface area contributed by atoms with Crippen molar-refractivity contribution >= 4 is 0 Å². The van der Waals surface area contributed by atoms with E-state index in [9.17, 15) is 5.11 Å². The molecule has 0 saturated carbocycles. The summed E-state index contributed by atoms with van der Waals surface area (Å²) in [5.41, 5.74) is 0. The van der Waals surface area contributed by atoms with Crippen molar-refractivity contribution in [2.45, 2.75) is 62.3 Å². The van der Waals surface area contributed by atoms with Crippen molar-refractivity contribution in [3.05, 3.63) is 11.7 Å². The molecule has 0 radical (unpaired) electrons. The molecule has 0 amide bonds. The molecule has 1 aromatic heterocycles. The third-order valence-corrected chi connectivity index (χ3v) is 5.33. The molecule has 0 aromatic carbocycles. The van der Waals surface area contributed by atoms with Gasteiger partial charge in [0.1, 0.15) is 0 Å². The summed E-state index contributed by atoms with van der Waals surface area (Å²) in [4.78, 5) is 7.12. The van der Waals surface area contributed by atoms with Crippen LogP contribution in [0.4, 0.5) is 0 Å². The fourth-order valence-electron chi connectivity index (χ4n) is 4.08. The first kappa shape index (κ1) is 12.7. The first-order valence-electron chi connectivity index (χ1n) is 7.67. The van der Waals surface area contributed by atoms with Gasteiger partial charge in [0.25, 0.3) is 0 Å². The van der Waals surface area contributed by atoms with E-state index in [1.54, 1.807) is 0 Å². The third-order valence-electron chi connectivity index (χ3n) is 5.33. The van der Waals surface area contributed by atoms with E-state index in [1.165, 1.54) is 12.8 Å². The Kier molecular flexibility index (Phi) is 3.05. The molecule has 6 heteroatoms. The molecular weight excluding hydrogens is 256 g/mol. The highest BCUT2D eigenvalue weighted by Crippen LogP contribution is 2.41. The Morgan fingerprint density at radius 1 is 1.25 bits per heavy atom. The molecule has 3 fully saturated rings. The van der Waals surface area contributed by atoms with E-state index in [0.717, 1.165) is 18.7 Å². The molecule has 2 unspecified atom stereocenters. The van der Waals surface area contributed by atoms with E-state index in [-0.39, 0.29) is 12.1 Å². The number of hydrogen-bond donors (Lipinski definition) is 2. The van der Waals surface area contributed by atoms with Gasteiger partial charge in [-0.15, -0.1) is 0 Å². The van der Waals surface area contributed by atoms with Gasteiger partial charge in [0.15, 0.2) is 5.82 Å². The van der Waals surface area contributed by atoms with Crippen LogP contribution in [0.15, 0.2) is 4.52 Å². The molecular formula is C14H22N4O2. The maximum Gasteiger partial charge on any atom is 0.243 e. The Bertz CT molecular complexity index is 477. The topological polar surface area (TPSA) is 74.4 Å². The predicted molar refractivity (Wildman–Crippen MR) is 72.2 cm³/mol. The van der Waals surface area contributed by atoms with Crippen LogP contribution in [0.1, 0.15) is 55.8 Å². The van der Waals surface area contributed by atoms with Crippen LogP contribution in [0.3, 0.4) is 0 Å². The molecule has 4 atom stereocenters. The summed E-state index contributed by atoms with van der Waals surface area (Å²) in [6.45, 7) is 0.612. The van der Waals surface area contributed by atoms with Gasteiger partial charge >= 0.3 is 0 Å². The van der Waals surface area contributed by atoms with Gasteiger partial charge in [-0.05, 0) is 39.2 Å². The van der Waals surface area contributed by atoms with Crippen molar-refractivity contribution < 1.29 is 9.63 Å². The van der Waals surface area contributed by atoms with Crippen LogP contribution in [-0.4, -0.2) is 51.9 Å². The Morgan fingerprint density at radius 2 is 2.00 bits per heavy atom. The quantitative estimate of drug-likeness (QED) is 0.834. The molecule has 3 aliphatic rings. The normalized spacial score (nSPS) is 41.4. The molecule has 3 saturated heterocycles. The molecule has 0 spiro atoms. The fraction of sp³-hybridized carbons (Fsp3) is 0.857. The lowest BCUT2D eigenvalue weighted by atomic mass is 9.90. The number of hydrogen-bond acceptors (Lipinski definition) is 6. The monoisotopic (exact) mass is 278 g/mol. The number of nitrogens with zero attached hydrogens (tertiary/aromatic N) is 3. The van der Waals surface area contributed by atoms with Crippen molar-refractivity contribution in [3.63, 3.8) is 0 Å². The molecule has 0 aliphatic carbocycles. The van der Waals surface area contributed by atoms with E-state index in [2.05, 4.69) is 27.4 Å². The minimum absolute atomic E-state index is 0.0224. The smallest absolute Gasteiger partial charge is 0.243 e. The zero-order valence-corrected chi connectivity index (χ0v) is 11.8. The fourth-order valence-corrected chi connectivity index (χ4v) is 4.08. The average molecular weight is 278 g/mol. The lowest BCUT2D eigenvalue weighted by molar-refractivity contribution is 0.157. The Balaban J connectivity index is 1.48. The minimum Gasteiger partial charge on any atom is -0.392 e. The van der Waals surface area contributed by atoms with Crippen molar-refractivity contribution in [1.82, 2.24) is 20.4 Å². The van der Waals surface area contributed by atoms with Gasteiger partial charge in [-0.2, -0.15) is 4.98 Å². The second-order valence-electron chi connectivity index (χ2n) is 6.56. The number of rotatable bonds is 2. The largest absolute Gasteiger partial charge is 0.392 e. The summed E-state index contributed by atoms with van der Waals surface area (Å²) >= 11 is 0. The van der Waals surface area contributed by atoms with Gasteiger partial charge in [0.2, 0.25) is 5.89 Å². The number of nitrogens with one attached hydrogen (secondary N) is 1. The first-order chi connectivity index (χ1) is 9.70. The summed E-state index contributed by atoms with van der Waals surface area (Å²) in [6.07, 6.45) is 5.27. The zero-order chi connectivity index (χ0) is 13.7. The van der Waals surface area contributed by atoms with Crippen LogP contribution < -0.4 is 5.32 Å². The molecule has 2 bridgehead atoms. The SMILES string of the molecule is CN1C2CCC1CC(c1noc([C@@H]3C[C@@H](O)CN3)n1)C2. The number of fused-ring (bicyclic) bond motifs is 2. The van der Waals surface area contributed by atoms with E-state index in [4.69, 9.17) is 4.52 Å². The van der Waals surface area contributed by atoms with Gasteiger partial charge < -0.3 is 19.8 Å². The van der Waals surface area contributed by atoms with Crippen molar-refractivity contribution in [2.24, 2.45) is 0 Å². The van der Waals surface area contributed by atoms with Crippen LogP contribution >= 0.6 is 0 Å². The number of aliphatic hydroxyl groups excluding tert-OH is 1. The molecule has 20 heavy (non-hydrogen) atoms. The van der Waals surface area contributed by atoms with Crippen LogP contribution in [0.25, 0.3) is 0 Å². The van der Waals surface area contributed by atoms with Crippen molar-refractivity contribution in [2.75, 3.05) is 13.6 Å². The number of piperidine rings is 1. The highest BCUT2D eigenvalue weighted by molar-refractivity contribution is 5.07. The maximum atomic E-state index is 9.57. The van der Waals surface area contributed by atoms with E-state index < -0.39 is 0 Å². The molecule has 6 nitrogen and oxygen atoms in total. The van der Waals surface area contributed by atoms with Gasteiger partial charge in [-0.3, -0.25) is 0 Å². The Labute approximate surface area is 118 Å². The molecule has 3 aliphatic heterocycles. The van der Waals surface area contributed by atoms with E-state index in [1.807, 2.05) is 0 Å². The summed E-state index contributed by atoms with van der Waals surface area (Å²) < 4.78 is 5.42. The summed E-state index contributed by atoms with van der Waals surface area (Å²) in [6, 6.07) is 1.40. The highest BCUT2D eigenvalue weighted by Gasteiger charge is 2.40. The lowest BCUT2D eigenvalue weighted by Crippen LogP contribution is -2.39. The number of aromatic nitrogens is 2. The Hall–Kier alpha value is -0.980. The lowest BCUT2D eigenvalue weighted by Gasteiger charge is -2.34. The summed E-state index contributed by atoms with van der Waals surface area (Å²) in [5.74, 6) is 1.95. The molecule has 2 N–H and O–H groups in total. The second-order valence-corrected chi connectivity index (χ2v) is 6.56. The van der Waals surface area contributed by atoms with Crippen LogP contribution in [-0.2, 0) is 0 Å². The van der Waals surface area contributed by atoms with E-state index in [0.29, 0.717) is 36.9 Å². The van der Waals surface area contributed by atoms with Crippen LogP contribution in [0.2, 0.25) is 0 Å². The van der Waals surface area contributed by atoms with Crippen LogP contribution in [0, 0.1) is 0 Å². The minimum atomic E-state index is -0.297. The van der Waals surface area contributed by atoms with Gasteiger partial charge in [0, 0.05) is 24.5 Å². The number of aliphatic hydroxyl groups is 1. The highest BCUT2D eigenvalue weighted by atomic mass is 16.5. The molecule has 4 heterocycles. The summed E-state index contributed by atoms with van der Waals surface area (Å²) in [7, 11) is 2.24. The molecule has 110 valence electrons. The molecule has 4 rings (SSSR count). The summed E-state index contributed by atoms with van der Waals surface area (Å²) in [5, 5.41) is 17.0. The van der Waals surface area contributed by atoms with Crippen molar-refractivity contribution in [3.8, 4) is 0 Å². The third kappa shape index (κ3) is 2.06. The van der Waals surface area contributed by atoms with Crippen LogP contribution in [0.5, 0.6) is 0 Å². The standard InChI is InChI=1S/C14H22N4O2/c1-18-9-2-3-10(18)5-8(4-9)13-16-14(20-17-13)12-6-11(19)7-15-12/h8-12,15,19H,2-7H2,1H3/t8?,9?,10?,11-,12+/m1/s1. The second kappa shape index (κ2) is 4.79. The molecule has 1 aromatic rings. The zero-order valence-electron chi connectivity index (χ0n) is 11.8. The van der Waals surface area contributed by atoms with Crippen molar-refractivity contribution in [1.29, 1.82) is 0 Å². The van der Waals surface area contributed by atoms with E-state index >= 15 is 0 Å². The maximum absolute atomic E-state index is 9.57. The van der Waals surface area contributed by atoms with Gasteiger partial charge in [0.05, 0.1) is 12.1 Å². The first-order valence-corrected chi connectivity index (χ1v) is 7.67. The van der Waals surface area contributed by atoms with Gasteiger partial charge in [-0.1, -0.05) is 5.16 Å². The predicted octanol–water partition coefficient (Wildman–Crippen LogP) is 0.805. The average Bonchev–Trinajstić information content (AvgIpc) is 3.10.